The van der Waals surface area contributed by atoms with Crippen molar-refractivity contribution in [3.8, 4) is 0 Å². The maximum absolute atomic E-state index is 12.8. The van der Waals surface area contributed by atoms with E-state index < -0.39 is 6.10 Å². The Bertz CT molecular complexity index is 1020. The van der Waals surface area contributed by atoms with Gasteiger partial charge in [-0.25, -0.2) is 0 Å². The van der Waals surface area contributed by atoms with Crippen molar-refractivity contribution in [2.75, 3.05) is 26.7 Å². The van der Waals surface area contributed by atoms with Crippen LogP contribution in [-0.4, -0.2) is 58.6 Å². The van der Waals surface area contributed by atoms with Gasteiger partial charge in [-0.2, -0.15) is 0 Å². The number of benzene rings is 2. The average Bonchev–Trinajstić information content (AvgIpc) is 3.10. The van der Waals surface area contributed by atoms with Gasteiger partial charge in [0.25, 0.3) is 0 Å². The van der Waals surface area contributed by atoms with Crippen LogP contribution in [0.5, 0.6) is 0 Å². The van der Waals surface area contributed by atoms with E-state index in [9.17, 15) is 9.90 Å². The molecule has 4 rings (SSSR count). The van der Waals surface area contributed by atoms with Crippen molar-refractivity contribution in [3.63, 3.8) is 0 Å². The number of likely N-dealkylation sites (N-methyl/N-ethyl adjacent to an activating group) is 1. The third kappa shape index (κ3) is 4.86. The van der Waals surface area contributed by atoms with E-state index in [0.717, 1.165) is 23.1 Å². The standard InChI is InChI=1S/C25H29N3O2/c1-18-7-9-19(10-8-18)14-27(2)17-25(30)28-15-21(24(29)16-28)13-22-12-11-20-5-3-4-6-23(20)26-22/h3-12,21,24,29H,13-17H2,1-2H3. The van der Waals surface area contributed by atoms with E-state index in [1.165, 1.54) is 11.1 Å². The van der Waals surface area contributed by atoms with Gasteiger partial charge in [-0.05, 0) is 38.1 Å². The largest absolute Gasteiger partial charge is 0.391 e. The molecule has 2 heterocycles. The Morgan fingerprint density at radius 3 is 2.67 bits per heavy atom. The number of para-hydroxylation sites is 1. The molecule has 5 heteroatoms. The Kier molecular flexibility index (Phi) is 6.11. The summed E-state index contributed by atoms with van der Waals surface area (Å²) >= 11 is 0. The quantitative estimate of drug-likeness (QED) is 0.687. The summed E-state index contributed by atoms with van der Waals surface area (Å²) in [7, 11) is 1.96. The van der Waals surface area contributed by atoms with Crippen molar-refractivity contribution < 1.29 is 9.90 Å². The van der Waals surface area contributed by atoms with E-state index in [0.29, 0.717) is 26.1 Å². The molecular formula is C25H29N3O2. The van der Waals surface area contributed by atoms with Gasteiger partial charge in [0.05, 0.1) is 18.2 Å². The summed E-state index contributed by atoms with van der Waals surface area (Å²) in [6, 6.07) is 20.5. The lowest BCUT2D eigenvalue weighted by molar-refractivity contribution is -0.131. The molecule has 0 bridgehead atoms. The minimum atomic E-state index is -0.510. The Labute approximate surface area is 178 Å². The predicted molar refractivity (Wildman–Crippen MR) is 119 cm³/mol. The van der Waals surface area contributed by atoms with Crippen LogP contribution in [0.15, 0.2) is 60.7 Å². The molecule has 5 nitrogen and oxygen atoms in total. The molecule has 3 aromatic rings. The molecule has 156 valence electrons. The summed E-state index contributed by atoms with van der Waals surface area (Å²) in [5.41, 5.74) is 4.35. The number of carbonyl (C=O) groups excluding carboxylic acids is 1. The lowest BCUT2D eigenvalue weighted by atomic mass is 9.99. The topological polar surface area (TPSA) is 56.7 Å². The zero-order valence-corrected chi connectivity index (χ0v) is 17.7. The van der Waals surface area contributed by atoms with Gasteiger partial charge < -0.3 is 10.0 Å². The Balaban J connectivity index is 1.33. The van der Waals surface area contributed by atoms with Gasteiger partial charge in [0.1, 0.15) is 0 Å². The van der Waals surface area contributed by atoms with Gasteiger partial charge >= 0.3 is 0 Å². The van der Waals surface area contributed by atoms with Crippen LogP contribution in [0.2, 0.25) is 0 Å². The van der Waals surface area contributed by atoms with Gasteiger partial charge in [-0.3, -0.25) is 14.7 Å². The number of aromatic nitrogens is 1. The minimum Gasteiger partial charge on any atom is -0.391 e. The Hall–Kier alpha value is -2.76. The zero-order valence-electron chi connectivity index (χ0n) is 17.7. The van der Waals surface area contributed by atoms with Crippen LogP contribution in [0.4, 0.5) is 0 Å². The second-order valence-corrected chi connectivity index (χ2v) is 8.48. The number of amides is 1. The summed E-state index contributed by atoms with van der Waals surface area (Å²) in [5.74, 6) is 0.0858. The number of hydrogen-bond donors (Lipinski definition) is 1. The smallest absolute Gasteiger partial charge is 0.236 e. The van der Waals surface area contributed by atoms with Crippen LogP contribution >= 0.6 is 0 Å². The summed E-state index contributed by atoms with van der Waals surface area (Å²) in [6.45, 7) is 4.12. The van der Waals surface area contributed by atoms with E-state index in [1.807, 2.05) is 42.3 Å². The van der Waals surface area contributed by atoms with Crippen LogP contribution in [0, 0.1) is 12.8 Å². The number of pyridine rings is 1. The number of rotatable bonds is 6. The first-order valence-electron chi connectivity index (χ1n) is 10.5. The van der Waals surface area contributed by atoms with E-state index in [1.54, 1.807) is 4.90 Å². The zero-order chi connectivity index (χ0) is 21.1. The first-order valence-corrected chi connectivity index (χ1v) is 10.5. The number of aryl methyl sites for hydroxylation is 1. The monoisotopic (exact) mass is 403 g/mol. The van der Waals surface area contributed by atoms with Crippen molar-refractivity contribution in [2.24, 2.45) is 5.92 Å². The molecule has 1 amide bonds. The second kappa shape index (κ2) is 8.94. The third-order valence-corrected chi connectivity index (χ3v) is 5.86. The van der Waals surface area contributed by atoms with Gasteiger partial charge in [0.15, 0.2) is 0 Å². The number of likely N-dealkylation sites (tertiary alicyclic amines) is 1. The van der Waals surface area contributed by atoms with Crippen LogP contribution < -0.4 is 0 Å². The predicted octanol–water partition coefficient (Wildman–Crippen LogP) is 3.04. The van der Waals surface area contributed by atoms with Crippen molar-refractivity contribution in [1.29, 1.82) is 0 Å². The van der Waals surface area contributed by atoms with E-state index >= 15 is 0 Å². The fourth-order valence-corrected chi connectivity index (χ4v) is 4.14. The molecule has 1 N–H and O–H groups in total. The van der Waals surface area contributed by atoms with Crippen molar-refractivity contribution in [1.82, 2.24) is 14.8 Å². The molecule has 2 unspecified atom stereocenters. The third-order valence-electron chi connectivity index (χ3n) is 5.86. The molecule has 30 heavy (non-hydrogen) atoms. The molecule has 1 aromatic heterocycles. The fraction of sp³-hybridized carbons (Fsp3) is 0.360. The molecule has 2 aromatic carbocycles. The second-order valence-electron chi connectivity index (χ2n) is 8.48. The highest BCUT2D eigenvalue weighted by Gasteiger charge is 2.34. The van der Waals surface area contributed by atoms with Gasteiger partial charge in [-0.1, -0.05) is 54.1 Å². The molecule has 1 fully saturated rings. The lowest BCUT2D eigenvalue weighted by Gasteiger charge is -2.21. The molecule has 0 saturated carbocycles. The van der Waals surface area contributed by atoms with Crippen LogP contribution in [0.3, 0.4) is 0 Å². The van der Waals surface area contributed by atoms with Crippen molar-refractivity contribution >= 4 is 16.8 Å². The molecule has 1 saturated heterocycles. The van der Waals surface area contributed by atoms with Gasteiger partial charge in [-0.15, -0.1) is 0 Å². The van der Waals surface area contributed by atoms with Crippen LogP contribution in [0.25, 0.3) is 10.9 Å². The molecular weight excluding hydrogens is 374 g/mol. The first-order chi connectivity index (χ1) is 14.5. The number of hydrogen-bond acceptors (Lipinski definition) is 4. The van der Waals surface area contributed by atoms with E-state index in [2.05, 4.69) is 37.3 Å². The summed E-state index contributed by atoms with van der Waals surface area (Å²) < 4.78 is 0. The van der Waals surface area contributed by atoms with Gasteiger partial charge in [0.2, 0.25) is 5.91 Å². The molecule has 0 radical (unpaired) electrons. The molecule has 0 spiro atoms. The number of β-amino-alcohol motifs (C(OH)–C–C–N with tert-alkyl or cyclic N) is 1. The van der Waals surface area contributed by atoms with Crippen molar-refractivity contribution in [3.05, 3.63) is 77.5 Å². The highest BCUT2D eigenvalue weighted by molar-refractivity contribution is 5.79. The SMILES string of the molecule is Cc1ccc(CN(C)CC(=O)N2CC(O)C(Cc3ccc4ccccc4n3)C2)cc1. The highest BCUT2D eigenvalue weighted by Crippen LogP contribution is 2.22. The first kappa shape index (κ1) is 20.5. The van der Waals surface area contributed by atoms with Gasteiger partial charge in [0, 0.05) is 36.6 Å². The number of carbonyl (C=O) groups is 1. The normalized spacial score (nSPS) is 19.0. The minimum absolute atomic E-state index is 0.0185. The van der Waals surface area contributed by atoms with E-state index in [4.69, 9.17) is 4.98 Å². The number of nitrogens with zero attached hydrogens (tertiary/aromatic N) is 3. The summed E-state index contributed by atoms with van der Waals surface area (Å²) in [4.78, 5) is 21.3. The molecule has 2 atom stereocenters. The number of aliphatic hydroxyl groups is 1. The molecule has 1 aliphatic heterocycles. The number of fused-ring (bicyclic) bond motifs is 1. The average molecular weight is 404 g/mol. The van der Waals surface area contributed by atoms with Crippen LogP contribution in [-0.2, 0) is 17.8 Å². The number of aliphatic hydroxyl groups excluding tert-OH is 1. The summed E-state index contributed by atoms with van der Waals surface area (Å²) in [6.07, 6.45) is 0.166. The molecule has 1 aliphatic rings. The lowest BCUT2D eigenvalue weighted by Crippen LogP contribution is -2.38. The Morgan fingerprint density at radius 1 is 1.10 bits per heavy atom. The summed E-state index contributed by atoms with van der Waals surface area (Å²) in [5, 5.41) is 11.7. The maximum atomic E-state index is 12.8. The Morgan fingerprint density at radius 2 is 1.87 bits per heavy atom. The van der Waals surface area contributed by atoms with E-state index in [-0.39, 0.29) is 11.8 Å². The molecule has 0 aliphatic carbocycles. The van der Waals surface area contributed by atoms with Crippen LogP contribution in [0.1, 0.15) is 16.8 Å². The maximum Gasteiger partial charge on any atom is 0.236 e. The highest BCUT2D eigenvalue weighted by atomic mass is 16.3. The fourth-order valence-electron chi connectivity index (χ4n) is 4.14. The van der Waals surface area contributed by atoms with Crippen molar-refractivity contribution in [2.45, 2.75) is 26.0 Å².